The van der Waals surface area contributed by atoms with Crippen LogP contribution >= 0.6 is 0 Å². The first-order chi connectivity index (χ1) is 16.3. The minimum atomic E-state index is -1.09. The number of aliphatic hydroxyl groups excluding tert-OH is 1. The van der Waals surface area contributed by atoms with Crippen molar-refractivity contribution < 1.29 is 38.6 Å². The highest BCUT2D eigenvalue weighted by molar-refractivity contribution is 6.14. The zero-order chi connectivity index (χ0) is 24.4. The Hall–Kier alpha value is -3.01. The molecule has 0 spiro atoms. The molecule has 10 nitrogen and oxygen atoms in total. The average molecular weight is 475 g/mol. The van der Waals surface area contributed by atoms with Crippen molar-refractivity contribution in [3.8, 4) is 0 Å². The number of amides is 3. The molecule has 1 N–H and O–H groups in total. The molecule has 4 rings (SSSR count). The van der Waals surface area contributed by atoms with E-state index < -0.39 is 35.9 Å². The molecule has 2 aliphatic heterocycles. The second-order valence-electron chi connectivity index (χ2n) is 9.42. The molecule has 2 saturated carbocycles. The SMILES string of the molecule is CCC1C(CCOC(=O)CN2C(=O)C=CC2=O)C2CC(COC(=O)CN3C(=O)C=CC3O)C1C2. The summed E-state index contributed by atoms with van der Waals surface area (Å²) in [7, 11) is 0. The van der Waals surface area contributed by atoms with E-state index in [0.29, 0.717) is 30.3 Å². The highest BCUT2D eigenvalue weighted by Gasteiger charge is 2.51. The van der Waals surface area contributed by atoms with E-state index in [1.54, 1.807) is 0 Å². The highest BCUT2D eigenvalue weighted by atomic mass is 16.5. The van der Waals surface area contributed by atoms with Gasteiger partial charge in [0.05, 0.1) is 13.2 Å². The van der Waals surface area contributed by atoms with Crippen LogP contribution in [0.1, 0.15) is 32.6 Å². The molecule has 0 radical (unpaired) electrons. The van der Waals surface area contributed by atoms with Crippen LogP contribution in [0.15, 0.2) is 24.3 Å². The van der Waals surface area contributed by atoms with Gasteiger partial charge in [-0.25, -0.2) is 0 Å². The van der Waals surface area contributed by atoms with Crippen molar-refractivity contribution in [2.24, 2.45) is 29.6 Å². The first-order valence-electron chi connectivity index (χ1n) is 11.8. The summed E-state index contributed by atoms with van der Waals surface area (Å²) in [4.78, 5) is 60.9. The third kappa shape index (κ3) is 4.91. The molecule has 4 aliphatic rings. The summed E-state index contributed by atoms with van der Waals surface area (Å²) in [5, 5.41) is 9.71. The molecule has 2 bridgehead atoms. The molecule has 0 saturated heterocycles. The lowest BCUT2D eigenvalue weighted by molar-refractivity contribution is -0.153. The number of fused-ring (bicyclic) bond motifs is 2. The van der Waals surface area contributed by atoms with E-state index in [0.717, 1.165) is 47.6 Å². The number of carbonyl (C=O) groups excluding carboxylic acids is 5. The van der Waals surface area contributed by atoms with Crippen LogP contribution in [0.4, 0.5) is 0 Å². The van der Waals surface area contributed by atoms with Crippen molar-refractivity contribution in [1.82, 2.24) is 9.80 Å². The smallest absolute Gasteiger partial charge is 0.326 e. The Morgan fingerprint density at radius 1 is 0.971 bits per heavy atom. The zero-order valence-corrected chi connectivity index (χ0v) is 19.1. The van der Waals surface area contributed by atoms with Gasteiger partial charge in [-0.15, -0.1) is 0 Å². The molecule has 184 valence electrons. The van der Waals surface area contributed by atoms with Crippen LogP contribution in [0, 0.1) is 29.6 Å². The molecule has 3 amide bonds. The van der Waals surface area contributed by atoms with Crippen molar-refractivity contribution in [2.45, 2.75) is 38.8 Å². The lowest BCUT2D eigenvalue weighted by Gasteiger charge is -2.35. The minimum absolute atomic E-state index is 0.243. The first-order valence-corrected chi connectivity index (χ1v) is 11.8. The molecular formula is C24H30N2O8. The summed E-state index contributed by atoms with van der Waals surface area (Å²) in [6, 6.07) is 0. The van der Waals surface area contributed by atoms with Crippen molar-refractivity contribution in [2.75, 3.05) is 26.3 Å². The van der Waals surface area contributed by atoms with Crippen molar-refractivity contribution in [3.63, 3.8) is 0 Å². The fourth-order valence-electron chi connectivity index (χ4n) is 6.11. The zero-order valence-electron chi connectivity index (χ0n) is 19.1. The lowest BCUT2D eigenvalue weighted by atomic mass is 9.72. The van der Waals surface area contributed by atoms with Crippen molar-refractivity contribution in [1.29, 1.82) is 0 Å². The van der Waals surface area contributed by atoms with Gasteiger partial charge in [0.15, 0.2) is 0 Å². The Morgan fingerprint density at radius 2 is 1.68 bits per heavy atom. The highest BCUT2D eigenvalue weighted by Crippen LogP contribution is 2.57. The standard InChI is InChI=1S/C24H30N2O8/c1-2-16-17(7-8-33-23(31)11-25-19(27)3-4-20(25)28)14-9-15(18(16)10-14)13-34-24(32)12-26-21(29)5-6-22(26)30/h3-6,14-18,21,29H,2,7-13H2,1H3. The number of hydrogen-bond acceptors (Lipinski definition) is 8. The Bertz CT molecular complexity index is 910. The largest absolute Gasteiger partial charge is 0.464 e. The molecule has 10 heteroatoms. The maximum absolute atomic E-state index is 12.2. The van der Waals surface area contributed by atoms with Gasteiger partial charge in [-0.1, -0.05) is 13.3 Å². The second kappa shape index (κ2) is 10.1. The van der Waals surface area contributed by atoms with Crippen LogP contribution in [-0.4, -0.2) is 77.1 Å². The van der Waals surface area contributed by atoms with Gasteiger partial charge in [0, 0.05) is 18.2 Å². The molecule has 34 heavy (non-hydrogen) atoms. The maximum Gasteiger partial charge on any atom is 0.326 e. The van der Waals surface area contributed by atoms with Gasteiger partial charge in [0.2, 0.25) is 5.91 Å². The summed E-state index contributed by atoms with van der Waals surface area (Å²) in [6.45, 7) is 2.03. The summed E-state index contributed by atoms with van der Waals surface area (Å²) >= 11 is 0. The normalized spacial score (nSPS) is 31.8. The van der Waals surface area contributed by atoms with Gasteiger partial charge >= 0.3 is 11.9 Å². The van der Waals surface area contributed by atoms with Gasteiger partial charge in [-0.2, -0.15) is 0 Å². The Balaban J connectivity index is 1.19. The number of ether oxygens (including phenoxy) is 2. The third-order valence-electron chi connectivity index (χ3n) is 7.64. The summed E-state index contributed by atoms with van der Waals surface area (Å²) in [6.07, 6.45) is 7.44. The maximum atomic E-state index is 12.2. The quantitative estimate of drug-likeness (QED) is 0.356. The monoisotopic (exact) mass is 474 g/mol. The van der Waals surface area contributed by atoms with Crippen LogP contribution in [0.5, 0.6) is 0 Å². The molecular weight excluding hydrogens is 444 g/mol. The molecule has 6 atom stereocenters. The minimum Gasteiger partial charge on any atom is -0.464 e. The van der Waals surface area contributed by atoms with E-state index in [2.05, 4.69) is 6.92 Å². The third-order valence-corrected chi connectivity index (χ3v) is 7.64. The van der Waals surface area contributed by atoms with E-state index in [9.17, 15) is 29.1 Å². The van der Waals surface area contributed by atoms with Gasteiger partial charge in [0.1, 0.15) is 19.3 Å². The molecule has 0 aromatic rings. The number of carbonyl (C=O) groups is 5. The summed E-state index contributed by atoms with van der Waals surface area (Å²) in [5.74, 6) is -0.536. The summed E-state index contributed by atoms with van der Waals surface area (Å²) < 4.78 is 10.8. The number of imide groups is 1. The molecule has 2 fully saturated rings. The first kappa shape index (κ1) is 24.1. The van der Waals surface area contributed by atoms with Gasteiger partial charge in [-0.3, -0.25) is 33.8 Å². The van der Waals surface area contributed by atoms with Gasteiger partial charge in [0.25, 0.3) is 11.8 Å². The Kier molecular flexibility index (Phi) is 7.16. The topological polar surface area (TPSA) is 131 Å². The fourth-order valence-corrected chi connectivity index (χ4v) is 6.11. The number of esters is 2. The predicted molar refractivity (Wildman–Crippen MR) is 116 cm³/mol. The predicted octanol–water partition coefficient (Wildman–Crippen LogP) is 0.403. The molecule has 2 heterocycles. The van der Waals surface area contributed by atoms with Crippen LogP contribution < -0.4 is 0 Å². The number of hydrogen-bond donors (Lipinski definition) is 1. The van der Waals surface area contributed by atoms with E-state index in [4.69, 9.17) is 9.47 Å². The second-order valence-corrected chi connectivity index (χ2v) is 9.42. The number of rotatable bonds is 10. The van der Waals surface area contributed by atoms with Crippen LogP contribution in [-0.2, 0) is 33.4 Å². The van der Waals surface area contributed by atoms with Crippen molar-refractivity contribution >= 4 is 29.7 Å². The molecule has 6 unspecified atom stereocenters. The van der Waals surface area contributed by atoms with Crippen LogP contribution in [0.2, 0.25) is 0 Å². The van der Waals surface area contributed by atoms with Crippen LogP contribution in [0.3, 0.4) is 0 Å². The van der Waals surface area contributed by atoms with Crippen LogP contribution in [0.25, 0.3) is 0 Å². The summed E-state index contributed by atoms with van der Waals surface area (Å²) in [5.41, 5.74) is 0. The fraction of sp³-hybridized carbons (Fsp3) is 0.625. The Labute approximate surface area is 197 Å². The lowest BCUT2D eigenvalue weighted by Crippen LogP contribution is -2.39. The van der Waals surface area contributed by atoms with E-state index in [1.165, 1.54) is 12.2 Å². The van der Waals surface area contributed by atoms with E-state index in [1.807, 2.05) is 0 Å². The average Bonchev–Trinajstić information content (AvgIpc) is 3.54. The molecule has 2 aliphatic carbocycles. The number of nitrogens with zero attached hydrogens (tertiary/aromatic N) is 2. The van der Waals surface area contributed by atoms with Crippen molar-refractivity contribution in [3.05, 3.63) is 24.3 Å². The number of aliphatic hydroxyl groups is 1. The Morgan fingerprint density at radius 3 is 2.32 bits per heavy atom. The van der Waals surface area contributed by atoms with E-state index in [-0.39, 0.29) is 25.6 Å². The molecule has 0 aromatic heterocycles. The van der Waals surface area contributed by atoms with Gasteiger partial charge in [-0.05, 0) is 54.9 Å². The molecule has 0 aromatic carbocycles. The van der Waals surface area contributed by atoms with E-state index >= 15 is 0 Å². The van der Waals surface area contributed by atoms with Gasteiger partial charge < -0.3 is 14.6 Å².